The third-order valence-electron chi connectivity index (χ3n) is 4.90. The molecule has 0 saturated carbocycles. The molecule has 0 spiro atoms. The third kappa shape index (κ3) is 5.40. The van der Waals surface area contributed by atoms with Crippen LogP contribution in [0.5, 0.6) is 5.75 Å². The zero-order chi connectivity index (χ0) is 22.7. The number of allylic oxidation sites excluding steroid dienone is 1. The second kappa shape index (κ2) is 10.4. The maximum Gasteiger partial charge on any atom is 0.146 e. The van der Waals surface area contributed by atoms with E-state index in [2.05, 4.69) is 63.4 Å². The maximum absolute atomic E-state index is 9.79. The lowest BCUT2D eigenvalue weighted by atomic mass is 10.0. The highest BCUT2D eigenvalue weighted by atomic mass is 127. The monoisotopic (exact) mass is 681 g/mol. The highest BCUT2D eigenvalue weighted by Gasteiger charge is 2.11. The first-order valence-corrected chi connectivity index (χ1v) is 12.5. The van der Waals surface area contributed by atoms with Crippen LogP contribution in [0.3, 0.4) is 0 Å². The van der Waals surface area contributed by atoms with Gasteiger partial charge in [-0.1, -0.05) is 65.7 Å². The van der Waals surface area contributed by atoms with Crippen LogP contribution in [0.1, 0.15) is 16.7 Å². The highest BCUT2D eigenvalue weighted by molar-refractivity contribution is 14.1. The SMILES string of the molecule is N#C/C(=C/c1cc(I)c(OCc2ccc(Cl)cc2Cl)c(I)c1)c1ccc2ccccc2c1. The zero-order valence-corrected chi connectivity index (χ0v) is 22.4. The predicted octanol–water partition coefficient (Wildman–Crippen LogP) is 9.00. The molecule has 0 aliphatic rings. The van der Waals surface area contributed by atoms with Crippen LogP contribution in [0.15, 0.2) is 72.8 Å². The molecule has 0 unspecified atom stereocenters. The van der Waals surface area contributed by atoms with E-state index in [9.17, 15) is 5.26 Å². The Hall–Kier alpha value is -1.79. The normalized spacial score (nSPS) is 11.4. The zero-order valence-electron chi connectivity index (χ0n) is 16.6. The smallest absolute Gasteiger partial charge is 0.146 e. The molecule has 0 atom stereocenters. The minimum atomic E-state index is 0.345. The number of halogens is 4. The van der Waals surface area contributed by atoms with Crippen LogP contribution in [-0.4, -0.2) is 0 Å². The van der Waals surface area contributed by atoms with Crippen LogP contribution in [-0.2, 0) is 6.61 Å². The fraction of sp³-hybridized carbons (Fsp3) is 0.0385. The fourth-order valence-electron chi connectivity index (χ4n) is 3.29. The average molecular weight is 682 g/mol. The minimum Gasteiger partial charge on any atom is -0.487 e. The topological polar surface area (TPSA) is 33.0 Å². The highest BCUT2D eigenvalue weighted by Crippen LogP contribution is 2.32. The Morgan fingerprint density at radius 1 is 0.906 bits per heavy atom. The molecule has 158 valence electrons. The van der Waals surface area contributed by atoms with Crippen molar-refractivity contribution >= 4 is 90.8 Å². The van der Waals surface area contributed by atoms with Gasteiger partial charge in [0.2, 0.25) is 0 Å². The number of hydrogen-bond donors (Lipinski definition) is 0. The van der Waals surface area contributed by atoms with Crippen molar-refractivity contribution in [3.05, 3.63) is 107 Å². The second-order valence-electron chi connectivity index (χ2n) is 7.07. The first kappa shape index (κ1) is 23.4. The van der Waals surface area contributed by atoms with Gasteiger partial charge in [0.05, 0.1) is 18.8 Å². The summed E-state index contributed by atoms with van der Waals surface area (Å²) in [5.41, 5.74) is 3.33. The van der Waals surface area contributed by atoms with Gasteiger partial charge >= 0.3 is 0 Å². The molecule has 0 aromatic heterocycles. The number of hydrogen-bond acceptors (Lipinski definition) is 2. The van der Waals surface area contributed by atoms with Crippen LogP contribution < -0.4 is 4.74 Å². The van der Waals surface area contributed by atoms with E-state index < -0.39 is 0 Å². The maximum atomic E-state index is 9.79. The van der Waals surface area contributed by atoms with Gasteiger partial charge in [-0.15, -0.1) is 0 Å². The lowest BCUT2D eigenvalue weighted by Crippen LogP contribution is -2.00. The molecule has 0 fully saturated rings. The van der Waals surface area contributed by atoms with Gasteiger partial charge in [-0.25, -0.2) is 0 Å². The molecule has 32 heavy (non-hydrogen) atoms. The number of nitrogens with zero attached hydrogens (tertiary/aromatic N) is 1. The van der Waals surface area contributed by atoms with Gasteiger partial charge in [0.1, 0.15) is 12.4 Å². The van der Waals surface area contributed by atoms with Crippen molar-refractivity contribution in [3.8, 4) is 11.8 Å². The van der Waals surface area contributed by atoms with Gasteiger partial charge in [-0.2, -0.15) is 5.26 Å². The molecule has 0 bridgehead atoms. The van der Waals surface area contributed by atoms with Gasteiger partial charge in [0.25, 0.3) is 0 Å². The van der Waals surface area contributed by atoms with Crippen molar-refractivity contribution in [1.82, 2.24) is 0 Å². The van der Waals surface area contributed by atoms with Crippen molar-refractivity contribution in [2.75, 3.05) is 0 Å². The van der Waals surface area contributed by atoms with E-state index in [1.807, 2.05) is 54.6 Å². The molecule has 0 N–H and O–H groups in total. The lowest BCUT2D eigenvalue weighted by molar-refractivity contribution is 0.302. The Balaban J connectivity index is 1.61. The second-order valence-corrected chi connectivity index (χ2v) is 10.2. The molecular weight excluding hydrogens is 667 g/mol. The van der Waals surface area contributed by atoms with E-state index >= 15 is 0 Å². The van der Waals surface area contributed by atoms with E-state index in [1.165, 1.54) is 0 Å². The Morgan fingerprint density at radius 2 is 1.62 bits per heavy atom. The summed E-state index contributed by atoms with van der Waals surface area (Å²) in [5, 5.41) is 13.2. The Morgan fingerprint density at radius 3 is 2.31 bits per heavy atom. The average Bonchev–Trinajstić information content (AvgIpc) is 2.78. The number of rotatable bonds is 5. The van der Waals surface area contributed by atoms with Crippen LogP contribution in [0.2, 0.25) is 10.0 Å². The van der Waals surface area contributed by atoms with E-state index in [-0.39, 0.29) is 0 Å². The van der Waals surface area contributed by atoms with Gasteiger partial charge in [-0.3, -0.25) is 0 Å². The Kier molecular flexibility index (Phi) is 7.62. The van der Waals surface area contributed by atoms with Crippen molar-refractivity contribution in [1.29, 1.82) is 5.26 Å². The molecule has 0 amide bonds. The summed E-state index contributed by atoms with van der Waals surface area (Å²) in [6, 6.07) is 26.0. The summed E-state index contributed by atoms with van der Waals surface area (Å²) in [5.74, 6) is 0.790. The summed E-state index contributed by atoms with van der Waals surface area (Å²) in [6.07, 6.45) is 1.91. The third-order valence-corrected chi connectivity index (χ3v) is 7.09. The summed E-state index contributed by atoms with van der Waals surface area (Å²) < 4.78 is 7.98. The molecule has 4 aromatic carbocycles. The van der Waals surface area contributed by atoms with E-state index in [1.54, 1.807) is 12.1 Å². The largest absolute Gasteiger partial charge is 0.487 e. The fourth-order valence-corrected chi connectivity index (χ4v) is 5.88. The van der Waals surface area contributed by atoms with Gasteiger partial charge < -0.3 is 4.74 Å². The van der Waals surface area contributed by atoms with Crippen molar-refractivity contribution in [2.45, 2.75) is 6.61 Å². The number of ether oxygens (including phenoxy) is 1. The lowest BCUT2D eigenvalue weighted by Gasteiger charge is -2.13. The number of fused-ring (bicyclic) bond motifs is 1. The molecule has 0 aliphatic carbocycles. The number of nitriles is 1. The molecule has 0 aliphatic heterocycles. The molecule has 4 rings (SSSR count). The standard InChI is InChI=1S/C26H15Cl2I2NO/c27-22-8-7-20(23(28)13-22)15-32-26-24(29)10-16(11-25(26)30)9-21(14-31)19-6-5-17-3-1-2-4-18(17)12-19/h1-13H,15H2/b21-9-. The summed E-state index contributed by atoms with van der Waals surface area (Å²) in [4.78, 5) is 0. The van der Waals surface area contributed by atoms with Gasteiger partial charge in [-0.05, 0) is 103 Å². The Bertz CT molecular complexity index is 1370. The summed E-state index contributed by atoms with van der Waals surface area (Å²) >= 11 is 16.7. The van der Waals surface area contributed by atoms with Crippen molar-refractivity contribution in [3.63, 3.8) is 0 Å². The molecular formula is C26H15Cl2I2NO. The van der Waals surface area contributed by atoms with Crippen LogP contribution >= 0.6 is 68.4 Å². The molecule has 0 radical (unpaired) electrons. The Labute approximate surface area is 224 Å². The first-order chi connectivity index (χ1) is 15.4. The van der Waals surface area contributed by atoms with E-state index in [0.717, 1.165) is 40.4 Å². The number of benzene rings is 4. The molecule has 0 saturated heterocycles. The molecule has 0 heterocycles. The van der Waals surface area contributed by atoms with Gasteiger partial charge in [0.15, 0.2) is 0 Å². The van der Waals surface area contributed by atoms with Gasteiger partial charge in [0, 0.05) is 15.6 Å². The molecule has 2 nitrogen and oxygen atoms in total. The summed E-state index contributed by atoms with van der Waals surface area (Å²) in [6.45, 7) is 0.345. The quantitative estimate of drug-likeness (QED) is 0.120. The van der Waals surface area contributed by atoms with E-state index in [4.69, 9.17) is 27.9 Å². The van der Waals surface area contributed by atoms with E-state index in [0.29, 0.717) is 22.2 Å². The summed E-state index contributed by atoms with van der Waals surface area (Å²) in [7, 11) is 0. The van der Waals surface area contributed by atoms with Crippen LogP contribution in [0.4, 0.5) is 0 Å². The van der Waals surface area contributed by atoms with Crippen LogP contribution in [0.25, 0.3) is 22.4 Å². The predicted molar refractivity (Wildman–Crippen MR) is 150 cm³/mol. The molecule has 6 heteroatoms. The van der Waals surface area contributed by atoms with Crippen molar-refractivity contribution in [2.24, 2.45) is 0 Å². The van der Waals surface area contributed by atoms with Crippen LogP contribution in [0, 0.1) is 18.5 Å². The minimum absolute atomic E-state index is 0.345. The molecule has 4 aromatic rings. The first-order valence-electron chi connectivity index (χ1n) is 9.61. The van der Waals surface area contributed by atoms with Crippen molar-refractivity contribution < 1.29 is 4.74 Å².